The highest BCUT2D eigenvalue weighted by Gasteiger charge is 2.11. The summed E-state index contributed by atoms with van der Waals surface area (Å²) in [6, 6.07) is 11.6. The molecule has 2 heteroatoms. The van der Waals surface area contributed by atoms with Crippen molar-refractivity contribution in [3.05, 3.63) is 70.5 Å². The first kappa shape index (κ1) is 11.5. The Labute approximate surface area is 99.9 Å². The summed E-state index contributed by atoms with van der Waals surface area (Å²) in [5.41, 5.74) is 2.95. The topological polar surface area (TPSA) is 17.1 Å². The van der Waals surface area contributed by atoms with Gasteiger partial charge in [0.05, 0.1) is 0 Å². The lowest BCUT2D eigenvalue weighted by atomic mass is 9.98. The molecule has 2 rings (SSSR count). The molecule has 0 aromatic heterocycles. The van der Waals surface area contributed by atoms with Crippen LogP contribution in [0.2, 0.25) is 0 Å². The Bertz CT molecular complexity index is 556. The Morgan fingerprint density at radius 3 is 2.24 bits per heavy atom. The molecular formula is C15H13FO. The molecule has 2 aromatic carbocycles. The van der Waals surface area contributed by atoms with E-state index in [0.29, 0.717) is 16.7 Å². The van der Waals surface area contributed by atoms with Crippen LogP contribution in [0.3, 0.4) is 0 Å². The zero-order chi connectivity index (χ0) is 12.4. The summed E-state index contributed by atoms with van der Waals surface area (Å²) in [5.74, 6) is -0.384. The molecule has 0 heterocycles. The van der Waals surface area contributed by atoms with E-state index in [1.165, 1.54) is 18.2 Å². The fourth-order valence-electron chi connectivity index (χ4n) is 1.74. The maximum Gasteiger partial charge on any atom is 0.193 e. The second kappa shape index (κ2) is 4.50. The second-order valence-electron chi connectivity index (χ2n) is 4.15. The van der Waals surface area contributed by atoms with E-state index in [0.717, 1.165) is 5.56 Å². The van der Waals surface area contributed by atoms with Gasteiger partial charge in [0.2, 0.25) is 0 Å². The van der Waals surface area contributed by atoms with E-state index in [-0.39, 0.29) is 11.6 Å². The number of carbonyl (C=O) groups is 1. The molecule has 0 saturated carbocycles. The quantitative estimate of drug-likeness (QED) is 0.717. The maximum absolute atomic E-state index is 13.0. The van der Waals surface area contributed by atoms with Gasteiger partial charge in [-0.1, -0.05) is 29.8 Å². The largest absolute Gasteiger partial charge is 0.289 e. The Morgan fingerprint density at radius 1 is 1.00 bits per heavy atom. The van der Waals surface area contributed by atoms with E-state index in [4.69, 9.17) is 0 Å². The highest BCUT2D eigenvalue weighted by atomic mass is 19.1. The standard InChI is InChI=1S/C15H13FO/c1-10-3-5-12(6-4-10)15(17)14-8-7-13(16)9-11(14)2/h3-9H,1-2H3. The van der Waals surface area contributed by atoms with Gasteiger partial charge in [0.15, 0.2) is 5.78 Å². The second-order valence-corrected chi connectivity index (χ2v) is 4.15. The van der Waals surface area contributed by atoms with Crippen LogP contribution in [0.25, 0.3) is 0 Å². The third-order valence-electron chi connectivity index (χ3n) is 2.75. The van der Waals surface area contributed by atoms with E-state index in [1.54, 1.807) is 19.1 Å². The highest BCUT2D eigenvalue weighted by molar-refractivity contribution is 6.09. The first-order valence-electron chi connectivity index (χ1n) is 5.45. The summed E-state index contributed by atoms with van der Waals surface area (Å²) in [6.45, 7) is 3.71. The number of benzene rings is 2. The summed E-state index contributed by atoms with van der Waals surface area (Å²) in [6.07, 6.45) is 0. The Morgan fingerprint density at radius 2 is 1.65 bits per heavy atom. The van der Waals surface area contributed by atoms with Gasteiger partial charge in [-0.25, -0.2) is 4.39 Å². The molecule has 2 aromatic rings. The fraction of sp³-hybridized carbons (Fsp3) is 0.133. The minimum absolute atomic E-state index is 0.0671. The molecule has 0 saturated heterocycles. The molecule has 0 N–H and O–H groups in total. The Kier molecular flexibility index (Phi) is 3.05. The third-order valence-corrected chi connectivity index (χ3v) is 2.75. The average molecular weight is 228 g/mol. The summed E-state index contributed by atoms with van der Waals surface area (Å²) in [7, 11) is 0. The lowest BCUT2D eigenvalue weighted by Gasteiger charge is -2.05. The van der Waals surface area contributed by atoms with Crippen LogP contribution in [0.4, 0.5) is 4.39 Å². The van der Waals surface area contributed by atoms with Crippen LogP contribution < -0.4 is 0 Å². The molecule has 0 bridgehead atoms. The molecule has 0 radical (unpaired) electrons. The normalized spacial score (nSPS) is 10.3. The van der Waals surface area contributed by atoms with Crippen molar-refractivity contribution >= 4 is 5.78 Å². The lowest BCUT2D eigenvalue weighted by molar-refractivity contribution is 0.103. The number of ketones is 1. The van der Waals surface area contributed by atoms with Gasteiger partial charge in [0.25, 0.3) is 0 Å². The summed E-state index contributed by atoms with van der Waals surface area (Å²) < 4.78 is 13.0. The minimum Gasteiger partial charge on any atom is -0.289 e. The molecular weight excluding hydrogens is 215 g/mol. The van der Waals surface area contributed by atoms with Crippen molar-refractivity contribution in [2.24, 2.45) is 0 Å². The monoisotopic (exact) mass is 228 g/mol. The summed E-state index contributed by atoms with van der Waals surface area (Å²) in [5, 5.41) is 0. The van der Waals surface area contributed by atoms with E-state index < -0.39 is 0 Å². The van der Waals surface area contributed by atoms with Crippen LogP contribution in [-0.2, 0) is 0 Å². The minimum atomic E-state index is -0.317. The zero-order valence-electron chi connectivity index (χ0n) is 9.83. The summed E-state index contributed by atoms with van der Waals surface area (Å²) >= 11 is 0. The van der Waals surface area contributed by atoms with Crippen LogP contribution >= 0.6 is 0 Å². The van der Waals surface area contributed by atoms with Gasteiger partial charge in [0, 0.05) is 11.1 Å². The van der Waals surface area contributed by atoms with Crippen LogP contribution in [0, 0.1) is 19.7 Å². The van der Waals surface area contributed by atoms with Crippen LogP contribution in [0.1, 0.15) is 27.0 Å². The number of carbonyl (C=O) groups excluding carboxylic acids is 1. The molecule has 0 aliphatic rings. The number of hydrogen-bond acceptors (Lipinski definition) is 1. The van der Waals surface area contributed by atoms with Gasteiger partial charge in [-0.15, -0.1) is 0 Å². The van der Waals surface area contributed by atoms with E-state index >= 15 is 0 Å². The van der Waals surface area contributed by atoms with Gasteiger partial charge in [-0.3, -0.25) is 4.79 Å². The Balaban J connectivity index is 2.40. The number of rotatable bonds is 2. The molecule has 0 aliphatic carbocycles. The van der Waals surface area contributed by atoms with Crippen molar-refractivity contribution in [1.29, 1.82) is 0 Å². The van der Waals surface area contributed by atoms with Crippen molar-refractivity contribution in [1.82, 2.24) is 0 Å². The lowest BCUT2D eigenvalue weighted by Crippen LogP contribution is -2.03. The van der Waals surface area contributed by atoms with Gasteiger partial charge in [0.1, 0.15) is 5.82 Å². The maximum atomic E-state index is 13.0. The van der Waals surface area contributed by atoms with Crippen molar-refractivity contribution < 1.29 is 9.18 Å². The molecule has 0 aliphatic heterocycles. The van der Waals surface area contributed by atoms with Crippen molar-refractivity contribution in [2.45, 2.75) is 13.8 Å². The molecule has 0 amide bonds. The number of aryl methyl sites for hydroxylation is 2. The first-order chi connectivity index (χ1) is 8.08. The number of hydrogen-bond donors (Lipinski definition) is 0. The SMILES string of the molecule is Cc1ccc(C(=O)c2ccc(F)cc2C)cc1. The van der Waals surface area contributed by atoms with Crippen LogP contribution in [0.15, 0.2) is 42.5 Å². The Hall–Kier alpha value is -1.96. The van der Waals surface area contributed by atoms with E-state index in [2.05, 4.69) is 0 Å². The van der Waals surface area contributed by atoms with Crippen LogP contribution in [0.5, 0.6) is 0 Å². The van der Waals surface area contributed by atoms with Crippen molar-refractivity contribution in [3.8, 4) is 0 Å². The van der Waals surface area contributed by atoms with Crippen LogP contribution in [-0.4, -0.2) is 5.78 Å². The number of halogens is 1. The molecule has 17 heavy (non-hydrogen) atoms. The van der Waals surface area contributed by atoms with Crippen molar-refractivity contribution in [2.75, 3.05) is 0 Å². The first-order valence-corrected chi connectivity index (χ1v) is 5.45. The van der Waals surface area contributed by atoms with Crippen molar-refractivity contribution in [3.63, 3.8) is 0 Å². The summed E-state index contributed by atoms with van der Waals surface area (Å²) in [4.78, 5) is 12.2. The van der Waals surface area contributed by atoms with E-state index in [1.807, 2.05) is 19.1 Å². The van der Waals surface area contributed by atoms with E-state index in [9.17, 15) is 9.18 Å². The smallest absolute Gasteiger partial charge is 0.193 e. The molecule has 0 spiro atoms. The average Bonchev–Trinajstić information content (AvgIpc) is 2.29. The molecule has 0 atom stereocenters. The van der Waals surface area contributed by atoms with Gasteiger partial charge >= 0.3 is 0 Å². The molecule has 86 valence electrons. The third kappa shape index (κ3) is 2.41. The highest BCUT2D eigenvalue weighted by Crippen LogP contribution is 2.15. The predicted molar refractivity (Wildman–Crippen MR) is 65.7 cm³/mol. The molecule has 1 nitrogen and oxygen atoms in total. The molecule has 0 unspecified atom stereocenters. The molecule has 0 fully saturated rings. The van der Waals surface area contributed by atoms with Gasteiger partial charge < -0.3 is 0 Å². The fourth-order valence-corrected chi connectivity index (χ4v) is 1.74. The predicted octanol–water partition coefficient (Wildman–Crippen LogP) is 3.67. The van der Waals surface area contributed by atoms with Gasteiger partial charge in [-0.2, -0.15) is 0 Å². The zero-order valence-corrected chi connectivity index (χ0v) is 9.83. The van der Waals surface area contributed by atoms with Gasteiger partial charge in [-0.05, 0) is 37.6 Å².